The molecule has 2 amide bonds. The highest BCUT2D eigenvalue weighted by Crippen LogP contribution is 2.38. The van der Waals surface area contributed by atoms with Gasteiger partial charge in [0.15, 0.2) is 23.0 Å². The van der Waals surface area contributed by atoms with Gasteiger partial charge < -0.3 is 39.1 Å². The van der Waals surface area contributed by atoms with E-state index >= 15 is 0 Å². The number of hydrogen-bond acceptors (Lipinski definition) is 8. The Hall–Kier alpha value is -6.00. The van der Waals surface area contributed by atoms with Gasteiger partial charge in [0.25, 0.3) is 0 Å². The van der Waals surface area contributed by atoms with Crippen molar-refractivity contribution in [3.05, 3.63) is 84.0 Å². The van der Waals surface area contributed by atoms with E-state index in [1.807, 2.05) is 0 Å². The number of rotatable bonds is 10. The van der Waals surface area contributed by atoms with Crippen molar-refractivity contribution in [2.24, 2.45) is 0 Å². The van der Waals surface area contributed by atoms with Crippen LogP contribution < -0.4 is 39.1 Å². The fourth-order valence-corrected chi connectivity index (χ4v) is 3.84. The minimum Gasteiger partial charge on any atom is -0.493 e. The standard InChI is InChI=1S/C34H32N2O8/c1-39-27-19-23(20-28(40-2)33(27)43-5)13-7-11-17-31(37)35-25-15-9-10-16-26(25)36-32(38)18-12-8-14-24-21-29(41-3)34(44-6)30(22-24)42-4/h9-12,15-22H,1-6H3,(H,35,37)(H,36,38). The molecule has 0 aromatic heterocycles. The number of nitrogens with one attached hydrogen (secondary N) is 2. The van der Waals surface area contributed by atoms with Crippen LogP contribution in [0.5, 0.6) is 34.5 Å². The molecule has 0 bridgehead atoms. The van der Waals surface area contributed by atoms with Crippen molar-refractivity contribution in [1.82, 2.24) is 0 Å². The molecule has 0 fully saturated rings. The molecule has 226 valence electrons. The Morgan fingerprint density at radius 1 is 0.568 bits per heavy atom. The number of ether oxygens (including phenoxy) is 6. The first-order chi connectivity index (χ1) is 21.4. The molecule has 0 atom stereocenters. The van der Waals surface area contributed by atoms with Gasteiger partial charge in [-0.15, -0.1) is 0 Å². The Morgan fingerprint density at radius 2 is 0.909 bits per heavy atom. The van der Waals surface area contributed by atoms with E-state index in [1.165, 1.54) is 67.0 Å². The third kappa shape index (κ3) is 8.75. The van der Waals surface area contributed by atoms with Gasteiger partial charge in [-0.2, -0.15) is 0 Å². The number of carbonyl (C=O) groups is 2. The largest absolute Gasteiger partial charge is 0.493 e. The summed E-state index contributed by atoms with van der Waals surface area (Å²) in [5, 5.41) is 5.47. The summed E-state index contributed by atoms with van der Waals surface area (Å²) in [6.07, 6.45) is 5.38. The first-order valence-electron chi connectivity index (χ1n) is 13.0. The van der Waals surface area contributed by atoms with Crippen LogP contribution in [0.15, 0.2) is 72.8 Å². The van der Waals surface area contributed by atoms with E-state index in [9.17, 15) is 9.59 Å². The molecule has 0 aliphatic rings. The predicted molar refractivity (Wildman–Crippen MR) is 168 cm³/mol. The van der Waals surface area contributed by atoms with E-state index in [0.717, 1.165) is 0 Å². The zero-order valence-corrected chi connectivity index (χ0v) is 25.2. The molecule has 0 spiro atoms. The van der Waals surface area contributed by atoms with Crippen LogP contribution in [0.4, 0.5) is 11.4 Å². The van der Waals surface area contributed by atoms with Crippen molar-refractivity contribution in [2.75, 3.05) is 53.3 Å². The second-order valence-electron chi connectivity index (χ2n) is 8.56. The normalized spacial score (nSPS) is 10.1. The summed E-state index contributed by atoms with van der Waals surface area (Å²) in [6.45, 7) is 0. The Balaban J connectivity index is 1.64. The lowest BCUT2D eigenvalue weighted by Gasteiger charge is -2.12. The van der Waals surface area contributed by atoms with E-state index in [4.69, 9.17) is 28.4 Å². The average Bonchev–Trinajstić information content (AvgIpc) is 3.04. The van der Waals surface area contributed by atoms with Gasteiger partial charge >= 0.3 is 0 Å². The molecule has 0 heterocycles. The minimum absolute atomic E-state index is 0.407. The Morgan fingerprint density at radius 3 is 1.20 bits per heavy atom. The summed E-state index contributed by atoms with van der Waals surface area (Å²) in [5.41, 5.74) is 2.03. The summed E-state index contributed by atoms with van der Waals surface area (Å²) in [5.74, 6) is 13.4. The summed E-state index contributed by atoms with van der Waals surface area (Å²) in [4.78, 5) is 25.1. The molecule has 10 heteroatoms. The molecule has 2 N–H and O–H groups in total. The molecule has 0 aliphatic heterocycles. The maximum atomic E-state index is 12.5. The van der Waals surface area contributed by atoms with Crippen LogP contribution in [0.25, 0.3) is 0 Å². The van der Waals surface area contributed by atoms with Gasteiger partial charge in [-0.3, -0.25) is 9.59 Å². The first-order valence-corrected chi connectivity index (χ1v) is 13.0. The average molecular weight is 597 g/mol. The highest BCUT2D eigenvalue weighted by atomic mass is 16.5. The lowest BCUT2D eigenvalue weighted by atomic mass is 10.2. The fourth-order valence-electron chi connectivity index (χ4n) is 3.84. The third-order valence-corrected chi connectivity index (χ3v) is 5.84. The molecule has 3 aromatic carbocycles. The number of benzene rings is 3. The maximum Gasteiger partial charge on any atom is 0.249 e. The quantitative estimate of drug-likeness (QED) is 0.253. The summed E-state index contributed by atoms with van der Waals surface area (Å²) in [6, 6.07) is 13.6. The van der Waals surface area contributed by atoms with E-state index in [2.05, 4.69) is 34.3 Å². The van der Waals surface area contributed by atoms with Crippen LogP contribution in [0.3, 0.4) is 0 Å². The van der Waals surface area contributed by atoms with Gasteiger partial charge in [0, 0.05) is 23.3 Å². The van der Waals surface area contributed by atoms with E-state index in [0.29, 0.717) is 57.0 Å². The van der Waals surface area contributed by atoms with Gasteiger partial charge in [0.05, 0.1) is 54.0 Å². The third-order valence-electron chi connectivity index (χ3n) is 5.84. The van der Waals surface area contributed by atoms with E-state index in [-0.39, 0.29) is 0 Å². The molecular formula is C34H32N2O8. The van der Waals surface area contributed by atoms with Crippen molar-refractivity contribution in [3.8, 4) is 58.2 Å². The molecule has 0 saturated heterocycles. The second kappa shape index (κ2) is 16.4. The molecule has 0 radical (unpaired) electrons. The van der Waals surface area contributed by atoms with E-state index < -0.39 is 11.8 Å². The van der Waals surface area contributed by atoms with Crippen molar-refractivity contribution >= 4 is 23.2 Å². The maximum absolute atomic E-state index is 12.5. The van der Waals surface area contributed by atoms with Crippen molar-refractivity contribution in [3.63, 3.8) is 0 Å². The number of anilines is 2. The minimum atomic E-state index is -0.433. The number of para-hydroxylation sites is 2. The van der Waals surface area contributed by atoms with Crippen molar-refractivity contribution in [1.29, 1.82) is 0 Å². The number of allylic oxidation sites excluding steroid dienone is 2. The highest BCUT2D eigenvalue weighted by Gasteiger charge is 2.13. The summed E-state index contributed by atoms with van der Waals surface area (Å²) in [7, 11) is 9.10. The lowest BCUT2D eigenvalue weighted by Crippen LogP contribution is -2.13. The predicted octanol–water partition coefficient (Wildman–Crippen LogP) is 4.83. The summed E-state index contributed by atoms with van der Waals surface area (Å²) >= 11 is 0. The SMILES string of the molecule is COc1cc(C#CC=CC(=O)Nc2ccccc2NC(=O)C=CC#Cc2cc(OC)c(OC)c(OC)c2)cc(OC)c1OC. The molecule has 3 aromatic rings. The molecule has 0 saturated carbocycles. The van der Waals surface area contributed by atoms with Gasteiger partial charge in [-0.05, 0) is 48.6 Å². The fraction of sp³-hybridized carbons (Fsp3) is 0.176. The molecule has 0 unspecified atom stereocenters. The van der Waals surface area contributed by atoms with Crippen LogP contribution in [0.2, 0.25) is 0 Å². The highest BCUT2D eigenvalue weighted by molar-refractivity contribution is 6.06. The molecular weight excluding hydrogens is 564 g/mol. The Kier molecular flexibility index (Phi) is 12.2. The van der Waals surface area contributed by atoms with Crippen molar-refractivity contribution < 1.29 is 38.0 Å². The smallest absolute Gasteiger partial charge is 0.249 e. The van der Waals surface area contributed by atoms with Crippen LogP contribution in [-0.4, -0.2) is 54.5 Å². The first kappa shape index (κ1) is 32.5. The van der Waals surface area contributed by atoms with E-state index in [1.54, 1.807) is 48.5 Å². The van der Waals surface area contributed by atoms with Gasteiger partial charge in [-0.25, -0.2) is 0 Å². The zero-order valence-electron chi connectivity index (χ0n) is 25.2. The second-order valence-corrected chi connectivity index (χ2v) is 8.56. The Labute approximate surface area is 256 Å². The monoisotopic (exact) mass is 596 g/mol. The summed E-state index contributed by atoms with van der Waals surface area (Å²) < 4.78 is 31.9. The molecule has 3 rings (SSSR count). The van der Waals surface area contributed by atoms with Crippen LogP contribution >= 0.6 is 0 Å². The lowest BCUT2D eigenvalue weighted by molar-refractivity contribution is -0.112. The number of amides is 2. The van der Waals surface area contributed by atoms with Gasteiger partial charge in [0.2, 0.25) is 23.3 Å². The molecule has 10 nitrogen and oxygen atoms in total. The number of hydrogen-bond donors (Lipinski definition) is 2. The van der Waals surface area contributed by atoms with Crippen LogP contribution in [0, 0.1) is 23.7 Å². The van der Waals surface area contributed by atoms with Crippen LogP contribution in [-0.2, 0) is 9.59 Å². The number of methoxy groups -OCH3 is 6. The zero-order chi connectivity index (χ0) is 31.9. The van der Waals surface area contributed by atoms with Crippen molar-refractivity contribution in [2.45, 2.75) is 0 Å². The number of carbonyl (C=O) groups excluding carboxylic acids is 2. The van der Waals surface area contributed by atoms with Gasteiger partial charge in [0.1, 0.15) is 0 Å². The molecule has 0 aliphatic carbocycles. The Bertz CT molecular complexity index is 1510. The topological polar surface area (TPSA) is 114 Å². The van der Waals surface area contributed by atoms with Gasteiger partial charge in [-0.1, -0.05) is 35.8 Å². The molecule has 44 heavy (non-hydrogen) atoms. The van der Waals surface area contributed by atoms with Crippen LogP contribution in [0.1, 0.15) is 11.1 Å².